The van der Waals surface area contributed by atoms with Gasteiger partial charge < -0.3 is 20.1 Å². The highest BCUT2D eigenvalue weighted by atomic mass is 16.3. The number of rotatable bonds is 4. The molecule has 13 atom stereocenters. The van der Waals surface area contributed by atoms with Gasteiger partial charge in [0.15, 0.2) is 0 Å². The summed E-state index contributed by atoms with van der Waals surface area (Å²) in [7, 11) is 0. The molecule has 4 saturated carbocycles. The average molecular weight is 421 g/mol. The number of hydrogen-bond acceptors (Lipinski definition) is 4. The molecule has 0 radical (unpaired) electrons. The number of fused-ring (bicyclic) bond motifs is 5. The van der Waals surface area contributed by atoms with Gasteiger partial charge in [-0.25, -0.2) is 0 Å². The van der Waals surface area contributed by atoms with Gasteiger partial charge >= 0.3 is 0 Å². The predicted octanol–water partition coefficient (Wildman–Crippen LogP) is 4.06. The molecule has 3 N–H and O–H groups in total. The lowest BCUT2D eigenvalue weighted by Gasteiger charge is -2.65. The summed E-state index contributed by atoms with van der Waals surface area (Å²) in [6.45, 7) is 11.1. The molecular weight excluding hydrogens is 376 g/mol. The van der Waals surface area contributed by atoms with Crippen LogP contribution in [0, 0.1) is 58.2 Å². The van der Waals surface area contributed by atoms with Gasteiger partial charge in [-0.2, -0.15) is 0 Å². The molecule has 172 valence electrons. The molecule has 0 aromatic carbocycles. The molecule has 4 aliphatic carbocycles. The Kier molecular flexibility index (Phi) is 5.95. The lowest BCUT2D eigenvalue weighted by Crippen LogP contribution is -2.64. The Hall–Kier alpha value is -0.450. The number of carbonyl (C=O) groups excluding carboxylic acids is 1. The van der Waals surface area contributed by atoms with Crippen molar-refractivity contribution in [3.05, 3.63) is 0 Å². The van der Waals surface area contributed by atoms with E-state index in [-0.39, 0.29) is 46.9 Å². The standard InChI is InChI=1S/C26H44O4/c1-14(13-27)10-15(2)18-6-7-19-23-21(12-22(29)26(18,19)5)25(4)9-8-17(28)11-20(25)16(3)24(23)30/h13-24,28-30H,6-12H2,1-5H3/t14?,15-,16-,17-,18-,19?,20?,21?,22+,23?,24+,25+,26-/m1/s1. The van der Waals surface area contributed by atoms with E-state index < -0.39 is 0 Å². The summed E-state index contributed by atoms with van der Waals surface area (Å²) in [4.78, 5) is 11.2. The molecule has 0 aliphatic heterocycles. The van der Waals surface area contributed by atoms with Crippen LogP contribution < -0.4 is 0 Å². The van der Waals surface area contributed by atoms with Gasteiger partial charge in [0.05, 0.1) is 18.3 Å². The van der Waals surface area contributed by atoms with E-state index in [4.69, 9.17) is 0 Å². The largest absolute Gasteiger partial charge is 0.393 e. The Labute approximate surface area is 182 Å². The number of aliphatic hydroxyl groups excluding tert-OH is 3. The van der Waals surface area contributed by atoms with E-state index in [2.05, 4.69) is 27.7 Å². The minimum Gasteiger partial charge on any atom is -0.393 e. The third kappa shape index (κ3) is 3.15. The van der Waals surface area contributed by atoms with Crippen LogP contribution >= 0.6 is 0 Å². The Morgan fingerprint density at radius 1 is 1.00 bits per heavy atom. The van der Waals surface area contributed by atoms with Crippen LogP contribution in [0.4, 0.5) is 0 Å². The first-order valence-electron chi connectivity index (χ1n) is 12.5. The summed E-state index contributed by atoms with van der Waals surface area (Å²) in [5.41, 5.74) is -0.0815. The Morgan fingerprint density at radius 2 is 1.70 bits per heavy atom. The van der Waals surface area contributed by atoms with Crippen LogP contribution in [0.3, 0.4) is 0 Å². The SMILES string of the molecule is CC(C=O)C[C@@H](C)[C@H]1CCC2C3C(C[C@H](O)[C@@]21C)[C@@]1(C)CC[C@@H](O)CC1[C@@H](C)[C@@H]3O. The fourth-order valence-electron chi connectivity index (χ4n) is 9.39. The van der Waals surface area contributed by atoms with Gasteiger partial charge in [0, 0.05) is 5.92 Å². The van der Waals surface area contributed by atoms with Crippen LogP contribution in [0.15, 0.2) is 0 Å². The maximum absolute atomic E-state index is 11.6. The quantitative estimate of drug-likeness (QED) is 0.600. The van der Waals surface area contributed by atoms with E-state index in [1.165, 1.54) is 0 Å². The van der Waals surface area contributed by atoms with Gasteiger partial charge in [-0.15, -0.1) is 0 Å². The Bertz CT molecular complexity index is 651. The molecule has 0 amide bonds. The summed E-state index contributed by atoms with van der Waals surface area (Å²) in [5, 5.41) is 33.5. The smallest absolute Gasteiger partial charge is 0.122 e. The first-order valence-corrected chi connectivity index (χ1v) is 12.5. The van der Waals surface area contributed by atoms with Crippen LogP contribution in [-0.2, 0) is 4.79 Å². The van der Waals surface area contributed by atoms with E-state index in [1.54, 1.807) is 0 Å². The zero-order chi connectivity index (χ0) is 22.0. The molecular formula is C26H44O4. The van der Waals surface area contributed by atoms with Crippen molar-refractivity contribution in [2.45, 2.75) is 97.9 Å². The lowest BCUT2D eigenvalue weighted by atomic mass is 9.41. The molecule has 0 spiro atoms. The average Bonchev–Trinajstić information content (AvgIpc) is 3.06. The van der Waals surface area contributed by atoms with E-state index in [1.807, 2.05) is 6.92 Å². The topological polar surface area (TPSA) is 77.8 Å². The zero-order valence-electron chi connectivity index (χ0n) is 19.6. The highest BCUT2D eigenvalue weighted by Crippen LogP contribution is 2.69. The summed E-state index contributed by atoms with van der Waals surface area (Å²) in [6.07, 6.45) is 6.58. The normalized spacial score (nSPS) is 55.1. The molecule has 0 saturated heterocycles. The molecule has 0 aromatic rings. The van der Waals surface area contributed by atoms with Crippen molar-refractivity contribution in [2.24, 2.45) is 58.2 Å². The van der Waals surface area contributed by atoms with Gasteiger partial charge in [-0.3, -0.25) is 0 Å². The second kappa shape index (κ2) is 7.85. The van der Waals surface area contributed by atoms with Crippen LogP contribution in [0.2, 0.25) is 0 Å². The van der Waals surface area contributed by atoms with Crippen molar-refractivity contribution in [1.82, 2.24) is 0 Å². The monoisotopic (exact) mass is 420 g/mol. The molecule has 0 heterocycles. The van der Waals surface area contributed by atoms with E-state index in [0.717, 1.165) is 51.2 Å². The van der Waals surface area contributed by atoms with Crippen LogP contribution in [0.5, 0.6) is 0 Å². The van der Waals surface area contributed by atoms with Gasteiger partial charge in [0.25, 0.3) is 0 Å². The van der Waals surface area contributed by atoms with E-state index in [0.29, 0.717) is 29.6 Å². The van der Waals surface area contributed by atoms with Crippen molar-refractivity contribution < 1.29 is 20.1 Å². The van der Waals surface area contributed by atoms with Crippen molar-refractivity contribution >= 4 is 6.29 Å². The number of aliphatic hydroxyl groups is 3. The maximum atomic E-state index is 11.6. The van der Waals surface area contributed by atoms with Crippen molar-refractivity contribution in [1.29, 1.82) is 0 Å². The molecule has 4 nitrogen and oxygen atoms in total. The summed E-state index contributed by atoms with van der Waals surface area (Å²) >= 11 is 0. The molecule has 0 aromatic heterocycles. The number of carbonyl (C=O) groups is 1. The molecule has 4 rings (SSSR count). The minimum absolute atomic E-state index is 0.0600. The van der Waals surface area contributed by atoms with Crippen molar-refractivity contribution in [3.8, 4) is 0 Å². The number of hydrogen-bond donors (Lipinski definition) is 3. The molecule has 5 unspecified atom stereocenters. The highest BCUT2D eigenvalue weighted by molar-refractivity contribution is 5.52. The summed E-state index contributed by atoms with van der Waals surface area (Å²) in [5.74, 6) is 2.30. The van der Waals surface area contributed by atoms with Gasteiger partial charge in [-0.05, 0) is 97.2 Å². The fourth-order valence-corrected chi connectivity index (χ4v) is 9.39. The van der Waals surface area contributed by atoms with Gasteiger partial charge in [0.1, 0.15) is 6.29 Å². The first-order chi connectivity index (χ1) is 14.1. The van der Waals surface area contributed by atoms with Crippen molar-refractivity contribution in [3.63, 3.8) is 0 Å². The summed E-state index contributed by atoms with van der Waals surface area (Å²) < 4.78 is 0. The minimum atomic E-state index is -0.352. The molecule has 4 fully saturated rings. The Balaban J connectivity index is 1.66. The second-order valence-electron chi connectivity index (χ2n) is 12.3. The zero-order valence-corrected chi connectivity index (χ0v) is 19.6. The predicted molar refractivity (Wildman–Crippen MR) is 118 cm³/mol. The maximum Gasteiger partial charge on any atom is 0.122 e. The summed E-state index contributed by atoms with van der Waals surface area (Å²) in [6, 6.07) is 0. The van der Waals surface area contributed by atoms with Crippen LogP contribution in [0.1, 0.15) is 79.6 Å². The third-order valence-electron chi connectivity index (χ3n) is 11.0. The van der Waals surface area contributed by atoms with Gasteiger partial charge in [0.2, 0.25) is 0 Å². The molecule has 0 bridgehead atoms. The van der Waals surface area contributed by atoms with Crippen molar-refractivity contribution in [2.75, 3.05) is 0 Å². The highest BCUT2D eigenvalue weighted by Gasteiger charge is 2.67. The third-order valence-corrected chi connectivity index (χ3v) is 11.0. The van der Waals surface area contributed by atoms with Crippen LogP contribution in [-0.4, -0.2) is 39.9 Å². The first kappa shape index (κ1) is 22.7. The molecule has 4 aliphatic rings. The lowest BCUT2D eigenvalue weighted by molar-refractivity contribution is -0.225. The fraction of sp³-hybridized carbons (Fsp3) is 0.962. The number of aldehydes is 1. The van der Waals surface area contributed by atoms with Crippen LogP contribution in [0.25, 0.3) is 0 Å². The van der Waals surface area contributed by atoms with E-state index in [9.17, 15) is 20.1 Å². The second-order valence-corrected chi connectivity index (χ2v) is 12.3. The molecule has 30 heavy (non-hydrogen) atoms. The van der Waals surface area contributed by atoms with Gasteiger partial charge in [-0.1, -0.05) is 34.6 Å². The molecule has 4 heteroatoms. The Morgan fingerprint density at radius 3 is 2.37 bits per heavy atom. The van der Waals surface area contributed by atoms with E-state index >= 15 is 0 Å².